The summed E-state index contributed by atoms with van der Waals surface area (Å²) in [5, 5.41) is 33.6. The summed E-state index contributed by atoms with van der Waals surface area (Å²) < 4.78 is 0. The maximum absolute atomic E-state index is 12.5. The number of unbranched alkanes of at least 4 members (excludes halogenated alkanes) is 35. The number of carbonyl (C=O) groups excluding carboxylic acids is 1. The van der Waals surface area contributed by atoms with Crippen molar-refractivity contribution in [3.63, 3.8) is 0 Å². The lowest BCUT2D eigenvalue weighted by Gasteiger charge is -2.26. The lowest BCUT2D eigenvalue weighted by Crippen LogP contribution is -2.50. The van der Waals surface area contributed by atoms with Gasteiger partial charge in [0, 0.05) is 6.42 Å². The van der Waals surface area contributed by atoms with E-state index >= 15 is 0 Å². The molecule has 5 nitrogen and oxygen atoms in total. The molecule has 0 rings (SSSR count). The van der Waals surface area contributed by atoms with Crippen molar-refractivity contribution in [2.45, 2.75) is 295 Å². The first-order valence-corrected chi connectivity index (χ1v) is 25.6. The van der Waals surface area contributed by atoms with E-state index in [9.17, 15) is 20.1 Å². The molecule has 4 N–H and O–H groups in total. The third-order valence-corrected chi connectivity index (χ3v) is 12.0. The highest BCUT2D eigenvalue weighted by Gasteiger charge is 2.26. The monoisotopic (exact) mass is 804 g/mol. The van der Waals surface area contributed by atoms with Crippen molar-refractivity contribution in [2.24, 2.45) is 0 Å². The molecule has 3 unspecified atom stereocenters. The van der Waals surface area contributed by atoms with E-state index in [2.05, 4.69) is 43.5 Å². The number of amides is 1. The highest BCUT2D eigenvalue weighted by molar-refractivity contribution is 5.76. The van der Waals surface area contributed by atoms with E-state index in [1.165, 1.54) is 205 Å². The Hall–Kier alpha value is -1.17. The topological polar surface area (TPSA) is 89.8 Å². The normalized spacial score (nSPS) is 13.6. The summed E-state index contributed by atoms with van der Waals surface area (Å²) in [6.45, 7) is 4.19. The first kappa shape index (κ1) is 55.8. The van der Waals surface area contributed by atoms with Gasteiger partial charge in [0.05, 0.1) is 18.8 Å². The average Bonchev–Trinajstić information content (AvgIpc) is 3.22. The molecule has 0 spiro atoms. The minimum Gasteiger partial charge on any atom is -0.394 e. The van der Waals surface area contributed by atoms with Crippen LogP contribution in [0.4, 0.5) is 0 Å². The molecule has 5 heteroatoms. The molecule has 0 radical (unpaired) electrons. The van der Waals surface area contributed by atoms with Crippen LogP contribution in [-0.4, -0.2) is 46.1 Å². The number of allylic oxidation sites excluding steroid dienone is 4. The van der Waals surface area contributed by atoms with E-state index < -0.39 is 18.2 Å². The summed E-state index contributed by atoms with van der Waals surface area (Å²) in [6, 6.07) is -0.829. The highest BCUT2D eigenvalue weighted by Crippen LogP contribution is 2.17. The van der Waals surface area contributed by atoms with Crippen LogP contribution in [-0.2, 0) is 4.79 Å². The molecule has 0 saturated heterocycles. The quantitative estimate of drug-likeness (QED) is 0.0364. The van der Waals surface area contributed by atoms with Crippen LogP contribution in [0.2, 0.25) is 0 Å². The van der Waals surface area contributed by atoms with Gasteiger partial charge in [0.15, 0.2) is 0 Å². The van der Waals surface area contributed by atoms with Crippen molar-refractivity contribution in [3.05, 3.63) is 24.3 Å². The van der Waals surface area contributed by atoms with Crippen LogP contribution < -0.4 is 5.32 Å². The summed E-state index contributed by atoms with van der Waals surface area (Å²) in [5.74, 6) is -0.153. The van der Waals surface area contributed by atoms with Gasteiger partial charge in [-0.2, -0.15) is 0 Å². The molecule has 0 aliphatic rings. The number of aliphatic hydroxyl groups excluding tert-OH is 3. The number of hydrogen-bond acceptors (Lipinski definition) is 4. The van der Waals surface area contributed by atoms with Crippen LogP contribution >= 0.6 is 0 Å². The van der Waals surface area contributed by atoms with Gasteiger partial charge >= 0.3 is 0 Å². The van der Waals surface area contributed by atoms with Crippen LogP contribution in [0.5, 0.6) is 0 Å². The van der Waals surface area contributed by atoms with Gasteiger partial charge in [-0.15, -0.1) is 0 Å². The van der Waals surface area contributed by atoms with E-state index in [-0.39, 0.29) is 12.5 Å². The molecule has 0 fully saturated rings. The Balaban J connectivity index is 3.60. The van der Waals surface area contributed by atoms with Crippen molar-refractivity contribution in [3.8, 4) is 0 Å². The number of rotatable bonds is 47. The van der Waals surface area contributed by atoms with E-state index in [4.69, 9.17) is 0 Å². The molecular formula is C52H101NO4. The molecule has 0 aliphatic carbocycles. The van der Waals surface area contributed by atoms with Crippen molar-refractivity contribution < 1.29 is 20.1 Å². The van der Waals surface area contributed by atoms with Crippen LogP contribution in [0, 0.1) is 0 Å². The van der Waals surface area contributed by atoms with Gasteiger partial charge in [-0.1, -0.05) is 244 Å². The van der Waals surface area contributed by atoms with Crippen LogP contribution in [0.25, 0.3) is 0 Å². The summed E-state index contributed by atoms with van der Waals surface area (Å²) in [6.07, 6.45) is 58.8. The van der Waals surface area contributed by atoms with Gasteiger partial charge in [-0.05, 0) is 51.4 Å². The summed E-state index contributed by atoms with van der Waals surface area (Å²) >= 11 is 0. The van der Waals surface area contributed by atoms with Crippen molar-refractivity contribution in [1.29, 1.82) is 0 Å². The molecule has 3 atom stereocenters. The van der Waals surface area contributed by atoms with Crippen molar-refractivity contribution in [1.82, 2.24) is 5.32 Å². The second-order valence-electron chi connectivity index (χ2n) is 17.7. The molecule has 57 heavy (non-hydrogen) atoms. The molecular weight excluding hydrogens is 703 g/mol. The predicted octanol–water partition coefficient (Wildman–Crippen LogP) is 15.3. The Bertz CT molecular complexity index is 844. The summed E-state index contributed by atoms with van der Waals surface area (Å²) in [5.41, 5.74) is 0. The Morgan fingerprint density at radius 2 is 0.719 bits per heavy atom. The minimum atomic E-state index is -1.16. The van der Waals surface area contributed by atoms with E-state index in [0.717, 1.165) is 44.9 Å². The Morgan fingerprint density at radius 1 is 0.421 bits per heavy atom. The minimum absolute atomic E-state index is 0.153. The lowest BCUT2D eigenvalue weighted by atomic mass is 10.0. The summed E-state index contributed by atoms with van der Waals surface area (Å²) in [4.78, 5) is 12.5. The van der Waals surface area contributed by atoms with Gasteiger partial charge in [0.25, 0.3) is 0 Å². The SMILES string of the molecule is CCCCCCCCCCCCC/C=C/CC/C=C/CCCC(O)C(O)C(CO)NC(=O)CCCCCCCCCCCCCCCCCCCCCCCCC. The van der Waals surface area contributed by atoms with E-state index in [1.54, 1.807) is 0 Å². The van der Waals surface area contributed by atoms with Crippen molar-refractivity contribution in [2.75, 3.05) is 6.61 Å². The fraction of sp³-hybridized carbons (Fsp3) is 0.904. The first-order chi connectivity index (χ1) is 28.1. The molecule has 0 aliphatic heterocycles. The zero-order chi connectivity index (χ0) is 41.5. The zero-order valence-corrected chi connectivity index (χ0v) is 38.5. The number of hydrogen-bond donors (Lipinski definition) is 4. The van der Waals surface area contributed by atoms with Crippen LogP contribution in [0.1, 0.15) is 277 Å². The molecule has 0 bridgehead atoms. The third kappa shape index (κ3) is 42.8. The summed E-state index contributed by atoms with van der Waals surface area (Å²) in [7, 11) is 0. The van der Waals surface area contributed by atoms with E-state index in [1.807, 2.05) is 0 Å². The predicted molar refractivity (Wildman–Crippen MR) is 250 cm³/mol. The maximum atomic E-state index is 12.5. The fourth-order valence-electron chi connectivity index (χ4n) is 8.06. The standard InChI is InChI=1S/C52H101NO4/c1-3-5-7-9-11-13-15-17-19-21-23-25-26-27-29-31-33-35-37-39-41-43-45-47-51(56)53-49(48-54)52(57)50(55)46-44-42-40-38-36-34-32-30-28-24-22-20-18-16-14-12-10-8-6-4-2/h30,32,38,40,49-50,52,54-55,57H,3-29,31,33-37,39,41-48H2,1-2H3,(H,53,56)/b32-30+,40-38+. The van der Waals surface area contributed by atoms with Gasteiger partial charge in [-0.25, -0.2) is 0 Å². The molecule has 1 amide bonds. The average molecular weight is 804 g/mol. The van der Waals surface area contributed by atoms with Gasteiger partial charge in [0.2, 0.25) is 5.91 Å². The second-order valence-corrected chi connectivity index (χ2v) is 17.7. The molecule has 0 aromatic rings. The highest BCUT2D eigenvalue weighted by atomic mass is 16.3. The molecule has 338 valence electrons. The maximum Gasteiger partial charge on any atom is 0.220 e. The number of aliphatic hydroxyl groups is 3. The zero-order valence-electron chi connectivity index (χ0n) is 38.5. The smallest absolute Gasteiger partial charge is 0.220 e. The lowest BCUT2D eigenvalue weighted by molar-refractivity contribution is -0.124. The third-order valence-electron chi connectivity index (χ3n) is 12.0. The van der Waals surface area contributed by atoms with Gasteiger partial charge in [0.1, 0.15) is 6.10 Å². The van der Waals surface area contributed by atoms with Crippen LogP contribution in [0.3, 0.4) is 0 Å². The van der Waals surface area contributed by atoms with Gasteiger partial charge in [-0.3, -0.25) is 4.79 Å². The number of nitrogens with one attached hydrogen (secondary N) is 1. The molecule has 0 heterocycles. The number of carbonyl (C=O) groups is 1. The molecule has 0 aromatic heterocycles. The van der Waals surface area contributed by atoms with E-state index in [0.29, 0.717) is 12.8 Å². The second kappa shape index (κ2) is 47.5. The Kier molecular flexibility index (Phi) is 46.5. The molecule has 0 aromatic carbocycles. The first-order valence-electron chi connectivity index (χ1n) is 25.6. The van der Waals surface area contributed by atoms with Gasteiger partial charge < -0.3 is 20.6 Å². The van der Waals surface area contributed by atoms with Crippen LogP contribution in [0.15, 0.2) is 24.3 Å². The molecule has 0 saturated carbocycles. The largest absolute Gasteiger partial charge is 0.394 e. The van der Waals surface area contributed by atoms with Crippen molar-refractivity contribution >= 4 is 5.91 Å². The fourth-order valence-corrected chi connectivity index (χ4v) is 8.06. The Morgan fingerprint density at radius 3 is 1.07 bits per heavy atom. The Labute approximate surface area is 356 Å².